The van der Waals surface area contributed by atoms with Gasteiger partial charge in [0.1, 0.15) is 0 Å². The van der Waals surface area contributed by atoms with Gasteiger partial charge in [0.2, 0.25) is 5.91 Å². The van der Waals surface area contributed by atoms with Crippen molar-refractivity contribution in [2.75, 3.05) is 13.1 Å². The number of amides is 1. The summed E-state index contributed by atoms with van der Waals surface area (Å²) in [6.45, 7) is 2.46. The molecule has 0 unspecified atom stereocenters. The highest BCUT2D eigenvalue weighted by Gasteiger charge is 2.49. The molecule has 2 atom stereocenters. The third-order valence-corrected chi connectivity index (χ3v) is 4.69. The number of nitrogens with zero attached hydrogens (tertiary/aromatic N) is 1. The Morgan fingerprint density at radius 1 is 1.42 bits per heavy atom. The molecule has 2 aliphatic rings. The smallest absolute Gasteiger partial charge is 0.228 e. The Balaban J connectivity index is 1.66. The predicted octanol–water partition coefficient (Wildman–Crippen LogP) is 1.48. The molecule has 0 bridgehead atoms. The van der Waals surface area contributed by atoms with Gasteiger partial charge in [0.15, 0.2) is 0 Å². The number of carbonyl (C=O) groups is 1. The van der Waals surface area contributed by atoms with Crippen molar-refractivity contribution in [2.45, 2.75) is 32.2 Å². The van der Waals surface area contributed by atoms with E-state index < -0.39 is 0 Å². The second-order valence-corrected chi connectivity index (χ2v) is 5.77. The normalized spacial score (nSPS) is 29.8. The van der Waals surface area contributed by atoms with Gasteiger partial charge in [-0.15, -0.1) is 0 Å². The zero-order valence-electron chi connectivity index (χ0n) is 11.2. The van der Waals surface area contributed by atoms with Crippen LogP contribution in [0.2, 0.25) is 0 Å². The Bertz CT molecular complexity index is 448. The average molecular weight is 259 g/mol. The first kappa shape index (κ1) is 12.6. The van der Waals surface area contributed by atoms with Gasteiger partial charge in [-0.1, -0.05) is 12.8 Å². The highest BCUT2D eigenvalue weighted by molar-refractivity contribution is 5.83. The van der Waals surface area contributed by atoms with Crippen molar-refractivity contribution in [3.8, 4) is 0 Å². The van der Waals surface area contributed by atoms with Crippen molar-refractivity contribution in [3.63, 3.8) is 0 Å². The van der Waals surface area contributed by atoms with E-state index in [4.69, 9.17) is 0 Å². The molecule has 0 aromatic carbocycles. The van der Waals surface area contributed by atoms with Gasteiger partial charge in [-0.05, 0) is 43.0 Å². The Kier molecular flexibility index (Phi) is 3.51. The minimum atomic E-state index is -0.148. The first-order chi connectivity index (χ1) is 9.31. The van der Waals surface area contributed by atoms with E-state index in [-0.39, 0.29) is 11.3 Å². The molecule has 102 valence electrons. The molecule has 3 rings (SSSR count). The van der Waals surface area contributed by atoms with Crippen LogP contribution < -0.4 is 10.6 Å². The van der Waals surface area contributed by atoms with Crippen LogP contribution in [0.15, 0.2) is 24.5 Å². The third kappa shape index (κ3) is 2.37. The van der Waals surface area contributed by atoms with Crippen molar-refractivity contribution in [2.24, 2.45) is 11.3 Å². The number of nitrogens with one attached hydrogen (secondary N) is 2. The maximum Gasteiger partial charge on any atom is 0.228 e. The van der Waals surface area contributed by atoms with Gasteiger partial charge < -0.3 is 10.6 Å². The molecule has 19 heavy (non-hydrogen) atoms. The highest BCUT2D eigenvalue weighted by Crippen LogP contribution is 2.43. The topological polar surface area (TPSA) is 54.0 Å². The molecule has 0 radical (unpaired) electrons. The van der Waals surface area contributed by atoms with E-state index in [9.17, 15) is 4.79 Å². The lowest BCUT2D eigenvalue weighted by Crippen LogP contribution is -2.47. The molecule has 1 aliphatic heterocycles. The number of hydrogen-bond donors (Lipinski definition) is 2. The van der Waals surface area contributed by atoms with Crippen molar-refractivity contribution in [1.29, 1.82) is 0 Å². The lowest BCUT2D eigenvalue weighted by Gasteiger charge is -2.37. The van der Waals surface area contributed by atoms with Gasteiger partial charge in [0, 0.05) is 25.5 Å². The molecule has 1 aliphatic carbocycles. The Labute approximate surface area is 114 Å². The summed E-state index contributed by atoms with van der Waals surface area (Å²) in [5, 5.41) is 6.54. The van der Waals surface area contributed by atoms with E-state index in [1.165, 1.54) is 19.3 Å². The molecular weight excluding hydrogens is 238 g/mol. The quantitative estimate of drug-likeness (QED) is 0.864. The molecule has 1 amide bonds. The molecule has 1 saturated carbocycles. The van der Waals surface area contributed by atoms with E-state index in [0.29, 0.717) is 12.5 Å². The number of rotatable bonds is 3. The molecule has 4 nitrogen and oxygen atoms in total. The van der Waals surface area contributed by atoms with Crippen molar-refractivity contribution >= 4 is 5.91 Å². The Morgan fingerprint density at radius 2 is 2.26 bits per heavy atom. The van der Waals surface area contributed by atoms with Crippen LogP contribution in [0.5, 0.6) is 0 Å². The van der Waals surface area contributed by atoms with Crippen molar-refractivity contribution < 1.29 is 4.79 Å². The van der Waals surface area contributed by atoms with Crippen LogP contribution in [-0.4, -0.2) is 24.0 Å². The third-order valence-electron chi connectivity index (χ3n) is 4.69. The standard InChI is InChI=1S/C15H21N3O/c19-14(18-9-12-4-7-16-8-5-12)15-6-2-1-3-13(15)10-17-11-15/h4-5,7-8,13,17H,1-3,6,9-11H2,(H,18,19)/t13-,15+/m0/s1. The lowest BCUT2D eigenvalue weighted by molar-refractivity contribution is -0.134. The molecule has 1 saturated heterocycles. The van der Waals surface area contributed by atoms with Crippen LogP contribution in [0, 0.1) is 11.3 Å². The van der Waals surface area contributed by atoms with E-state index in [1.807, 2.05) is 12.1 Å². The van der Waals surface area contributed by atoms with Gasteiger partial charge in [-0.3, -0.25) is 9.78 Å². The minimum Gasteiger partial charge on any atom is -0.351 e. The van der Waals surface area contributed by atoms with Crippen molar-refractivity contribution in [1.82, 2.24) is 15.6 Å². The zero-order chi connectivity index (χ0) is 13.1. The van der Waals surface area contributed by atoms with E-state index >= 15 is 0 Å². The molecule has 1 aromatic rings. The van der Waals surface area contributed by atoms with Gasteiger partial charge in [0.05, 0.1) is 5.41 Å². The zero-order valence-corrected chi connectivity index (χ0v) is 11.2. The minimum absolute atomic E-state index is 0.148. The van der Waals surface area contributed by atoms with Crippen LogP contribution in [0.3, 0.4) is 0 Å². The van der Waals surface area contributed by atoms with Gasteiger partial charge >= 0.3 is 0 Å². The Hall–Kier alpha value is -1.42. The fourth-order valence-electron chi connectivity index (χ4n) is 3.55. The molecule has 4 heteroatoms. The molecule has 2 fully saturated rings. The van der Waals surface area contributed by atoms with Crippen molar-refractivity contribution in [3.05, 3.63) is 30.1 Å². The van der Waals surface area contributed by atoms with Crippen LogP contribution in [0.25, 0.3) is 0 Å². The number of carbonyl (C=O) groups excluding carboxylic acids is 1. The number of fused-ring (bicyclic) bond motifs is 1. The number of aromatic nitrogens is 1. The fourth-order valence-corrected chi connectivity index (χ4v) is 3.55. The fraction of sp³-hybridized carbons (Fsp3) is 0.600. The SMILES string of the molecule is O=C(NCc1ccncc1)[C@@]12CCCC[C@H]1CNC2. The molecule has 2 N–H and O–H groups in total. The first-order valence-corrected chi connectivity index (χ1v) is 7.19. The summed E-state index contributed by atoms with van der Waals surface area (Å²) < 4.78 is 0. The van der Waals surface area contributed by atoms with Crippen LogP contribution in [-0.2, 0) is 11.3 Å². The Morgan fingerprint density at radius 3 is 3.11 bits per heavy atom. The lowest BCUT2D eigenvalue weighted by atomic mass is 9.67. The number of pyridine rings is 1. The predicted molar refractivity (Wildman–Crippen MR) is 73.3 cm³/mol. The van der Waals surface area contributed by atoms with E-state index in [0.717, 1.165) is 25.1 Å². The van der Waals surface area contributed by atoms with Gasteiger partial charge in [-0.2, -0.15) is 0 Å². The summed E-state index contributed by atoms with van der Waals surface area (Å²) in [4.78, 5) is 16.6. The van der Waals surface area contributed by atoms with Crippen LogP contribution in [0.4, 0.5) is 0 Å². The largest absolute Gasteiger partial charge is 0.351 e. The molecule has 2 heterocycles. The summed E-state index contributed by atoms with van der Waals surface area (Å²) in [7, 11) is 0. The second-order valence-electron chi connectivity index (χ2n) is 5.77. The summed E-state index contributed by atoms with van der Waals surface area (Å²) in [6.07, 6.45) is 8.20. The number of hydrogen-bond acceptors (Lipinski definition) is 3. The first-order valence-electron chi connectivity index (χ1n) is 7.19. The molecule has 0 spiro atoms. The van der Waals surface area contributed by atoms with Gasteiger partial charge in [-0.25, -0.2) is 0 Å². The van der Waals surface area contributed by atoms with Crippen LogP contribution >= 0.6 is 0 Å². The summed E-state index contributed by atoms with van der Waals surface area (Å²) in [6, 6.07) is 3.90. The molecular formula is C15H21N3O. The molecule has 1 aromatic heterocycles. The van der Waals surface area contributed by atoms with E-state index in [2.05, 4.69) is 15.6 Å². The maximum absolute atomic E-state index is 12.6. The van der Waals surface area contributed by atoms with E-state index in [1.54, 1.807) is 12.4 Å². The summed E-state index contributed by atoms with van der Waals surface area (Å²) in [5.74, 6) is 0.762. The monoisotopic (exact) mass is 259 g/mol. The van der Waals surface area contributed by atoms with Gasteiger partial charge in [0.25, 0.3) is 0 Å². The highest BCUT2D eigenvalue weighted by atomic mass is 16.2. The second kappa shape index (κ2) is 5.29. The summed E-state index contributed by atoms with van der Waals surface area (Å²) >= 11 is 0. The maximum atomic E-state index is 12.6. The average Bonchev–Trinajstić information content (AvgIpc) is 2.91. The summed E-state index contributed by atoms with van der Waals surface area (Å²) in [5.41, 5.74) is 0.962. The van der Waals surface area contributed by atoms with Crippen LogP contribution in [0.1, 0.15) is 31.2 Å².